The molecule has 0 saturated carbocycles. The predicted octanol–water partition coefficient (Wildman–Crippen LogP) is 1.63. The molecule has 0 spiro atoms. The number of aliphatic imine (C=N–C) groups is 1. The number of para-hydroxylation sites is 1. The maximum Gasteiger partial charge on any atom is 0.191 e. The lowest BCUT2D eigenvalue weighted by Crippen LogP contribution is -2.43. The topological polar surface area (TPSA) is 76.4 Å². The molecule has 1 atom stereocenters. The quantitative estimate of drug-likeness (QED) is 0.393. The standard InChI is InChI=1S/C17H24N6O.HI/c1-3-16-22-21-12-23(16)9-8-19-17(18-2)20-11-14-10-13-6-4-5-7-15(13)24-14;/h4-7,12,14H,3,8-11H2,1-2H3,(H2,18,19,20);1H. The predicted molar refractivity (Wildman–Crippen MR) is 109 cm³/mol. The van der Waals surface area contributed by atoms with Crippen LogP contribution in [0, 0.1) is 0 Å². The third-order valence-electron chi connectivity index (χ3n) is 4.09. The first-order valence-corrected chi connectivity index (χ1v) is 8.36. The van der Waals surface area contributed by atoms with Crippen LogP contribution in [0.4, 0.5) is 0 Å². The van der Waals surface area contributed by atoms with Crippen molar-refractivity contribution in [1.29, 1.82) is 0 Å². The number of aromatic nitrogens is 3. The highest BCUT2D eigenvalue weighted by Crippen LogP contribution is 2.27. The Balaban J connectivity index is 0.00000225. The van der Waals surface area contributed by atoms with Gasteiger partial charge >= 0.3 is 0 Å². The molecule has 0 aliphatic carbocycles. The average Bonchev–Trinajstić information content (AvgIpc) is 3.23. The molecule has 0 radical (unpaired) electrons. The summed E-state index contributed by atoms with van der Waals surface area (Å²) in [6.45, 7) is 4.37. The molecule has 25 heavy (non-hydrogen) atoms. The van der Waals surface area contributed by atoms with Gasteiger partial charge in [-0.2, -0.15) is 0 Å². The maximum atomic E-state index is 5.93. The van der Waals surface area contributed by atoms with E-state index in [4.69, 9.17) is 4.74 Å². The van der Waals surface area contributed by atoms with Crippen LogP contribution in [0.1, 0.15) is 18.3 Å². The van der Waals surface area contributed by atoms with Crippen LogP contribution in [-0.4, -0.2) is 47.0 Å². The Kier molecular flexibility index (Phi) is 7.48. The van der Waals surface area contributed by atoms with Crippen LogP contribution >= 0.6 is 24.0 Å². The number of nitrogens with zero attached hydrogens (tertiary/aromatic N) is 4. The minimum atomic E-state index is 0. The number of rotatable bonds is 6. The van der Waals surface area contributed by atoms with Crippen molar-refractivity contribution in [3.63, 3.8) is 0 Å². The number of hydrogen-bond donors (Lipinski definition) is 2. The Bertz CT molecular complexity index is 677. The molecular weight excluding hydrogens is 431 g/mol. The van der Waals surface area contributed by atoms with Gasteiger partial charge < -0.3 is 19.9 Å². The van der Waals surface area contributed by atoms with Crippen molar-refractivity contribution in [3.8, 4) is 5.75 Å². The molecule has 136 valence electrons. The molecule has 1 unspecified atom stereocenters. The third kappa shape index (κ3) is 5.07. The van der Waals surface area contributed by atoms with Crippen molar-refractivity contribution >= 4 is 29.9 Å². The lowest BCUT2D eigenvalue weighted by Gasteiger charge is -2.16. The van der Waals surface area contributed by atoms with Gasteiger partial charge in [-0.1, -0.05) is 25.1 Å². The van der Waals surface area contributed by atoms with E-state index in [2.05, 4.69) is 43.4 Å². The first kappa shape index (κ1) is 19.5. The first-order valence-electron chi connectivity index (χ1n) is 8.36. The minimum absolute atomic E-state index is 0. The van der Waals surface area contributed by atoms with Crippen LogP contribution in [0.2, 0.25) is 0 Å². The summed E-state index contributed by atoms with van der Waals surface area (Å²) >= 11 is 0. The number of hydrogen-bond acceptors (Lipinski definition) is 4. The molecule has 7 nitrogen and oxygen atoms in total. The monoisotopic (exact) mass is 456 g/mol. The van der Waals surface area contributed by atoms with Gasteiger partial charge in [0.1, 0.15) is 24.0 Å². The Morgan fingerprint density at radius 1 is 1.36 bits per heavy atom. The average molecular weight is 456 g/mol. The molecule has 0 bridgehead atoms. The highest BCUT2D eigenvalue weighted by atomic mass is 127. The lowest BCUT2D eigenvalue weighted by molar-refractivity contribution is 0.235. The number of guanidine groups is 1. The molecular formula is C17H25IN6O. The second-order valence-electron chi connectivity index (χ2n) is 5.73. The lowest BCUT2D eigenvalue weighted by atomic mass is 10.1. The molecule has 0 saturated heterocycles. The molecule has 3 rings (SSSR count). The van der Waals surface area contributed by atoms with Gasteiger partial charge in [0, 0.05) is 33.0 Å². The molecule has 8 heteroatoms. The largest absolute Gasteiger partial charge is 0.488 e. The Morgan fingerprint density at radius 3 is 2.96 bits per heavy atom. The second-order valence-corrected chi connectivity index (χ2v) is 5.73. The number of nitrogens with one attached hydrogen (secondary N) is 2. The van der Waals surface area contributed by atoms with Crippen LogP contribution in [0.5, 0.6) is 5.75 Å². The van der Waals surface area contributed by atoms with Crippen LogP contribution in [0.3, 0.4) is 0 Å². The summed E-state index contributed by atoms with van der Waals surface area (Å²) in [6.07, 6.45) is 3.72. The number of halogens is 1. The third-order valence-corrected chi connectivity index (χ3v) is 4.09. The maximum absolute atomic E-state index is 5.93. The Labute approximate surface area is 165 Å². The van der Waals surface area contributed by atoms with E-state index < -0.39 is 0 Å². The van der Waals surface area contributed by atoms with Crippen LogP contribution in [0.15, 0.2) is 35.6 Å². The Hall–Kier alpha value is -1.84. The smallest absolute Gasteiger partial charge is 0.191 e. The molecule has 1 aromatic heterocycles. The van der Waals surface area contributed by atoms with E-state index in [9.17, 15) is 0 Å². The number of fused-ring (bicyclic) bond motifs is 1. The first-order chi connectivity index (χ1) is 11.8. The van der Waals surface area contributed by atoms with Gasteiger partial charge in [-0.05, 0) is 11.6 Å². The Morgan fingerprint density at radius 2 is 2.20 bits per heavy atom. The van der Waals surface area contributed by atoms with Crippen LogP contribution in [0.25, 0.3) is 0 Å². The fraction of sp³-hybridized carbons (Fsp3) is 0.471. The van der Waals surface area contributed by atoms with E-state index in [-0.39, 0.29) is 30.1 Å². The van der Waals surface area contributed by atoms with Gasteiger partial charge in [0.05, 0.1) is 6.54 Å². The van der Waals surface area contributed by atoms with Gasteiger partial charge in [0.2, 0.25) is 0 Å². The fourth-order valence-corrected chi connectivity index (χ4v) is 2.83. The number of aryl methyl sites for hydroxylation is 1. The highest BCUT2D eigenvalue weighted by Gasteiger charge is 2.22. The number of ether oxygens (including phenoxy) is 1. The summed E-state index contributed by atoms with van der Waals surface area (Å²) in [5.74, 6) is 2.77. The summed E-state index contributed by atoms with van der Waals surface area (Å²) in [4.78, 5) is 4.26. The van der Waals surface area contributed by atoms with Crippen molar-refractivity contribution in [3.05, 3.63) is 42.0 Å². The molecule has 1 aliphatic rings. The molecule has 2 N–H and O–H groups in total. The van der Waals surface area contributed by atoms with Crippen molar-refractivity contribution in [2.45, 2.75) is 32.4 Å². The molecule has 0 fully saturated rings. The zero-order valence-electron chi connectivity index (χ0n) is 14.6. The molecule has 1 aromatic carbocycles. The van der Waals surface area contributed by atoms with Crippen molar-refractivity contribution in [2.24, 2.45) is 4.99 Å². The van der Waals surface area contributed by atoms with Crippen molar-refractivity contribution in [1.82, 2.24) is 25.4 Å². The fourth-order valence-electron chi connectivity index (χ4n) is 2.83. The van der Waals surface area contributed by atoms with E-state index in [0.717, 1.165) is 50.0 Å². The molecule has 2 aromatic rings. The van der Waals surface area contributed by atoms with E-state index in [0.29, 0.717) is 0 Å². The van der Waals surface area contributed by atoms with Gasteiger partial charge in [-0.3, -0.25) is 4.99 Å². The SMILES string of the molecule is CCc1nncn1CCNC(=NC)NCC1Cc2ccccc2O1.I. The summed E-state index contributed by atoms with van der Waals surface area (Å²) in [7, 11) is 1.77. The molecule has 0 amide bonds. The number of benzene rings is 1. The summed E-state index contributed by atoms with van der Waals surface area (Å²) < 4.78 is 7.98. The van der Waals surface area contributed by atoms with E-state index in [1.54, 1.807) is 13.4 Å². The summed E-state index contributed by atoms with van der Waals surface area (Å²) in [5, 5.41) is 14.7. The van der Waals surface area contributed by atoms with Crippen LogP contribution < -0.4 is 15.4 Å². The summed E-state index contributed by atoms with van der Waals surface area (Å²) in [5.41, 5.74) is 1.27. The van der Waals surface area contributed by atoms with E-state index in [1.165, 1.54) is 5.56 Å². The molecule has 2 heterocycles. The zero-order chi connectivity index (χ0) is 16.8. The van der Waals surface area contributed by atoms with E-state index in [1.807, 2.05) is 18.2 Å². The van der Waals surface area contributed by atoms with Gasteiger partial charge in [-0.15, -0.1) is 34.2 Å². The van der Waals surface area contributed by atoms with Gasteiger partial charge in [0.15, 0.2) is 5.96 Å². The minimum Gasteiger partial charge on any atom is -0.488 e. The summed E-state index contributed by atoms with van der Waals surface area (Å²) in [6, 6.07) is 8.19. The van der Waals surface area contributed by atoms with Crippen molar-refractivity contribution in [2.75, 3.05) is 20.1 Å². The van der Waals surface area contributed by atoms with Gasteiger partial charge in [-0.25, -0.2) is 0 Å². The van der Waals surface area contributed by atoms with Crippen molar-refractivity contribution < 1.29 is 4.74 Å². The normalized spacial score (nSPS) is 15.9. The van der Waals surface area contributed by atoms with E-state index >= 15 is 0 Å². The van der Waals surface area contributed by atoms with Gasteiger partial charge in [0.25, 0.3) is 0 Å². The second kappa shape index (κ2) is 9.59. The van der Waals surface area contributed by atoms with Crippen LogP contribution in [-0.2, 0) is 19.4 Å². The molecule has 1 aliphatic heterocycles. The zero-order valence-corrected chi connectivity index (χ0v) is 16.9. The highest BCUT2D eigenvalue weighted by molar-refractivity contribution is 14.0.